The van der Waals surface area contributed by atoms with Crippen LogP contribution in [0.3, 0.4) is 0 Å². The van der Waals surface area contributed by atoms with Gasteiger partial charge in [-0.15, -0.1) is 11.3 Å². The van der Waals surface area contributed by atoms with Crippen molar-refractivity contribution < 1.29 is 4.79 Å². The van der Waals surface area contributed by atoms with Gasteiger partial charge in [-0.2, -0.15) is 5.10 Å². The first-order chi connectivity index (χ1) is 10.2. The highest BCUT2D eigenvalue weighted by molar-refractivity contribution is 7.14. The van der Waals surface area contributed by atoms with Crippen LogP contribution in [0.2, 0.25) is 0 Å². The maximum atomic E-state index is 12.1. The van der Waals surface area contributed by atoms with Crippen molar-refractivity contribution in [2.45, 2.75) is 26.2 Å². The van der Waals surface area contributed by atoms with Crippen LogP contribution in [0.15, 0.2) is 41.5 Å². The lowest BCUT2D eigenvalue weighted by Crippen LogP contribution is -2.16. The topological polar surface area (TPSA) is 41.5 Å². The van der Waals surface area contributed by atoms with Gasteiger partial charge in [0, 0.05) is 4.88 Å². The SMILES string of the molecule is C[C@@H]1CCc2sc(C(=O)N/N=C\c3ccccc3)cc2C1. The largest absolute Gasteiger partial charge is 0.281 e. The molecule has 0 bridgehead atoms. The molecule has 0 saturated heterocycles. The minimum Gasteiger partial charge on any atom is -0.266 e. The van der Waals surface area contributed by atoms with Crippen LogP contribution in [0.25, 0.3) is 0 Å². The maximum absolute atomic E-state index is 12.1. The van der Waals surface area contributed by atoms with Crippen molar-refractivity contribution in [3.05, 3.63) is 57.3 Å². The molecule has 1 aliphatic rings. The molecule has 1 heterocycles. The Morgan fingerprint density at radius 2 is 2.19 bits per heavy atom. The van der Waals surface area contributed by atoms with Crippen molar-refractivity contribution >= 4 is 23.5 Å². The first-order valence-corrected chi connectivity index (χ1v) is 8.04. The predicted molar refractivity (Wildman–Crippen MR) is 87.0 cm³/mol. The molecule has 1 aromatic heterocycles. The standard InChI is InChI=1S/C17H18N2OS/c1-12-7-8-15-14(9-12)10-16(21-15)17(20)19-18-11-13-5-3-2-4-6-13/h2-6,10-12H,7-9H2,1H3,(H,19,20)/b18-11-/t12-/m1/s1. The molecule has 1 N–H and O–H groups in total. The number of aryl methyl sites for hydroxylation is 1. The van der Waals surface area contributed by atoms with Gasteiger partial charge in [0.1, 0.15) is 0 Å². The van der Waals surface area contributed by atoms with Gasteiger partial charge >= 0.3 is 0 Å². The van der Waals surface area contributed by atoms with Gasteiger partial charge in [0.15, 0.2) is 0 Å². The van der Waals surface area contributed by atoms with E-state index in [0.29, 0.717) is 0 Å². The number of thiophene rings is 1. The Balaban J connectivity index is 1.65. The fraction of sp³-hybridized carbons (Fsp3) is 0.294. The summed E-state index contributed by atoms with van der Waals surface area (Å²) in [6, 6.07) is 11.8. The molecule has 1 atom stereocenters. The Labute approximate surface area is 128 Å². The highest BCUT2D eigenvalue weighted by Gasteiger charge is 2.20. The summed E-state index contributed by atoms with van der Waals surface area (Å²) in [7, 11) is 0. The zero-order valence-electron chi connectivity index (χ0n) is 12.0. The summed E-state index contributed by atoms with van der Waals surface area (Å²) in [5.41, 5.74) is 4.92. The molecular weight excluding hydrogens is 280 g/mol. The molecule has 1 aliphatic carbocycles. The van der Waals surface area contributed by atoms with Gasteiger partial charge in [-0.25, -0.2) is 5.43 Å². The average Bonchev–Trinajstić information content (AvgIpc) is 2.91. The Morgan fingerprint density at radius 1 is 1.38 bits per heavy atom. The van der Waals surface area contributed by atoms with E-state index in [-0.39, 0.29) is 5.91 Å². The predicted octanol–water partition coefficient (Wildman–Crippen LogP) is 3.64. The maximum Gasteiger partial charge on any atom is 0.281 e. The average molecular weight is 298 g/mol. The van der Waals surface area contributed by atoms with Crippen molar-refractivity contribution in [3.8, 4) is 0 Å². The fourth-order valence-electron chi connectivity index (χ4n) is 2.58. The number of amides is 1. The Kier molecular flexibility index (Phi) is 4.15. The summed E-state index contributed by atoms with van der Waals surface area (Å²) in [5, 5.41) is 4.02. The third-order valence-corrected chi connectivity index (χ3v) is 4.97. The molecule has 2 aromatic rings. The summed E-state index contributed by atoms with van der Waals surface area (Å²) >= 11 is 1.61. The molecule has 3 nitrogen and oxygen atoms in total. The molecule has 0 unspecified atom stereocenters. The van der Waals surface area contributed by atoms with Gasteiger partial charge in [-0.3, -0.25) is 4.79 Å². The minimum absolute atomic E-state index is 0.116. The molecule has 0 spiro atoms. The normalized spacial score (nSPS) is 17.7. The third-order valence-electron chi connectivity index (χ3n) is 3.73. The number of hydrogen-bond donors (Lipinski definition) is 1. The second-order valence-corrected chi connectivity index (χ2v) is 6.65. The van der Waals surface area contributed by atoms with Crippen LogP contribution in [0.5, 0.6) is 0 Å². The molecule has 0 aliphatic heterocycles. The molecular formula is C17H18N2OS. The van der Waals surface area contributed by atoms with Crippen LogP contribution in [0.1, 0.15) is 39.0 Å². The molecule has 21 heavy (non-hydrogen) atoms. The number of fused-ring (bicyclic) bond motifs is 1. The molecule has 3 rings (SSSR count). The van der Waals surface area contributed by atoms with Gasteiger partial charge in [-0.05, 0) is 42.4 Å². The first-order valence-electron chi connectivity index (χ1n) is 7.22. The van der Waals surface area contributed by atoms with Gasteiger partial charge in [0.05, 0.1) is 11.1 Å². The van der Waals surface area contributed by atoms with Crippen molar-refractivity contribution in [1.29, 1.82) is 0 Å². The Hall–Kier alpha value is -1.94. The smallest absolute Gasteiger partial charge is 0.266 e. The van der Waals surface area contributed by atoms with Crippen molar-refractivity contribution in [2.24, 2.45) is 11.0 Å². The van der Waals surface area contributed by atoms with Gasteiger partial charge < -0.3 is 0 Å². The minimum atomic E-state index is -0.116. The van der Waals surface area contributed by atoms with E-state index < -0.39 is 0 Å². The van der Waals surface area contributed by atoms with Crippen LogP contribution in [0.4, 0.5) is 0 Å². The van der Waals surface area contributed by atoms with Crippen LogP contribution in [-0.4, -0.2) is 12.1 Å². The van der Waals surface area contributed by atoms with E-state index in [1.165, 1.54) is 16.9 Å². The van der Waals surface area contributed by atoms with E-state index >= 15 is 0 Å². The number of nitrogens with one attached hydrogen (secondary N) is 1. The van der Waals surface area contributed by atoms with E-state index in [1.807, 2.05) is 36.4 Å². The van der Waals surface area contributed by atoms with Crippen LogP contribution in [0, 0.1) is 5.92 Å². The van der Waals surface area contributed by atoms with Crippen molar-refractivity contribution in [2.75, 3.05) is 0 Å². The zero-order chi connectivity index (χ0) is 14.7. The van der Waals surface area contributed by atoms with Crippen molar-refractivity contribution in [3.63, 3.8) is 0 Å². The first kappa shape index (κ1) is 14.0. The third kappa shape index (κ3) is 3.39. The van der Waals surface area contributed by atoms with E-state index in [9.17, 15) is 4.79 Å². The summed E-state index contributed by atoms with van der Waals surface area (Å²) in [6.45, 7) is 2.27. The molecule has 1 aromatic carbocycles. The molecule has 0 fully saturated rings. The van der Waals surface area contributed by atoms with Crippen LogP contribution >= 0.6 is 11.3 Å². The number of carbonyl (C=O) groups is 1. The highest BCUT2D eigenvalue weighted by Crippen LogP contribution is 2.32. The molecule has 0 radical (unpaired) electrons. The van der Waals surface area contributed by atoms with E-state index in [0.717, 1.165) is 29.2 Å². The highest BCUT2D eigenvalue weighted by atomic mass is 32.1. The van der Waals surface area contributed by atoms with Crippen molar-refractivity contribution in [1.82, 2.24) is 5.43 Å². The Morgan fingerprint density at radius 3 is 3.00 bits per heavy atom. The van der Waals surface area contributed by atoms with Crippen LogP contribution in [-0.2, 0) is 12.8 Å². The monoisotopic (exact) mass is 298 g/mol. The summed E-state index contributed by atoms with van der Waals surface area (Å²) in [4.78, 5) is 14.2. The second-order valence-electron chi connectivity index (χ2n) is 5.52. The summed E-state index contributed by atoms with van der Waals surface area (Å²) in [6.07, 6.45) is 5.07. The molecule has 0 saturated carbocycles. The lowest BCUT2D eigenvalue weighted by atomic mass is 9.90. The molecule has 4 heteroatoms. The summed E-state index contributed by atoms with van der Waals surface area (Å²) < 4.78 is 0. The van der Waals surface area contributed by atoms with E-state index in [2.05, 4.69) is 17.5 Å². The zero-order valence-corrected chi connectivity index (χ0v) is 12.8. The number of benzene rings is 1. The lowest BCUT2D eigenvalue weighted by Gasteiger charge is -2.16. The fourth-order valence-corrected chi connectivity index (χ4v) is 3.68. The summed E-state index contributed by atoms with van der Waals surface area (Å²) in [5.74, 6) is 0.605. The Bertz CT molecular complexity index is 661. The number of carbonyl (C=O) groups excluding carboxylic acids is 1. The number of rotatable bonds is 3. The molecule has 1 amide bonds. The second kappa shape index (κ2) is 6.22. The van der Waals surface area contributed by atoms with Gasteiger partial charge in [0.2, 0.25) is 0 Å². The quantitative estimate of drug-likeness (QED) is 0.682. The number of hydrogen-bond acceptors (Lipinski definition) is 3. The lowest BCUT2D eigenvalue weighted by molar-refractivity contribution is 0.0959. The molecule has 108 valence electrons. The number of hydrazone groups is 1. The van der Waals surface area contributed by atoms with E-state index in [4.69, 9.17) is 0 Å². The van der Waals surface area contributed by atoms with Gasteiger partial charge in [-0.1, -0.05) is 37.3 Å². The van der Waals surface area contributed by atoms with E-state index in [1.54, 1.807) is 17.6 Å². The van der Waals surface area contributed by atoms with Gasteiger partial charge in [0.25, 0.3) is 5.91 Å². The van der Waals surface area contributed by atoms with Crippen LogP contribution < -0.4 is 5.43 Å². The number of nitrogens with zero attached hydrogens (tertiary/aromatic N) is 1.